The summed E-state index contributed by atoms with van der Waals surface area (Å²) in [5.74, 6) is -0.325. The minimum absolute atomic E-state index is 0.0544. The molecule has 0 atom stereocenters. The number of halogens is 1. The molecule has 0 bridgehead atoms. The standard InChI is InChI=1S/C15H19ClN4O2S/c1-4-19(5-2)13(22)10-18(3)12(21)7-6-11-14(16)17-15-20(11)8-9-23-15/h6-9H,4-5,10H2,1-3H3/b7-6+. The lowest BCUT2D eigenvalue weighted by molar-refractivity contribution is -0.136. The van der Waals surface area contributed by atoms with Crippen LogP contribution in [0.3, 0.4) is 0 Å². The van der Waals surface area contributed by atoms with Gasteiger partial charge in [-0.3, -0.25) is 14.0 Å². The molecule has 124 valence electrons. The molecule has 2 rings (SSSR count). The Labute approximate surface area is 144 Å². The van der Waals surface area contributed by atoms with Gasteiger partial charge in [0, 0.05) is 37.8 Å². The summed E-state index contributed by atoms with van der Waals surface area (Å²) < 4.78 is 1.82. The Morgan fingerprint density at radius 3 is 2.74 bits per heavy atom. The number of hydrogen-bond acceptors (Lipinski definition) is 4. The Morgan fingerprint density at radius 2 is 2.09 bits per heavy atom. The third-order valence-electron chi connectivity index (χ3n) is 3.50. The van der Waals surface area contributed by atoms with E-state index in [1.807, 2.05) is 29.8 Å². The molecule has 0 aliphatic rings. The number of carbonyl (C=O) groups is 2. The van der Waals surface area contributed by atoms with E-state index in [1.165, 1.54) is 22.3 Å². The first-order valence-electron chi connectivity index (χ1n) is 7.29. The Hall–Kier alpha value is -1.86. The summed E-state index contributed by atoms with van der Waals surface area (Å²) in [4.78, 5) is 32.2. The fourth-order valence-corrected chi connectivity index (χ4v) is 3.17. The van der Waals surface area contributed by atoms with Crippen molar-refractivity contribution in [3.8, 4) is 0 Å². The molecule has 2 heterocycles. The van der Waals surface area contributed by atoms with Crippen LogP contribution in [0.4, 0.5) is 0 Å². The van der Waals surface area contributed by atoms with E-state index in [0.717, 1.165) is 4.96 Å². The monoisotopic (exact) mass is 354 g/mol. The largest absolute Gasteiger partial charge is 0.342 e. The number of rotatable bonds is 6. The van der Waals surface area contributed by atoms with Crippen molar-refractivity contribution < 1.29 is 9.59 Å². The lowest BCUT2D eigenvalue weighted by Gasteiger charge is -2.22. The molecule has 2 amide bonds. The van der Waals surface area contributed by atoms with Crippen molar-refractivity contribution in [2.24, 2.45) is 0 Å². The fourth-order valence-electron chi connectivity index (χ4n) is 2.16. The maximum Gasteiger partial charge on any atom is 0.246 e. The maximum atomic E-state index is 12.2. The summed E-state index contributed by atoms with van der Waals surface area (Å²) in [5.41, 5.74) is 0.653. The second-order valence-electron chi connectivity index (χ2n) is 4.94. The van der Waals surface area contributed by atoms with Crippen molar-refractivity contribution in [1.29, 1.82) is 0 Å². The van der Waals surface area contributed by atoms with Crippen LogP contribution in [-0.4, -0.2) is 57.7 Å². The van der Waals surface area contributed by atoms with Gasteiger partial charge < -0.3 is 9.80 Å². The molecule has 2 aromatic rings. The van der Waals surface area contributed by atoms with Crippen molar-refractivity contribution in [3.63, 3.8) is 0 Å². The molecule has 0 aliphatic carbocycles. The van der Waals surface area contributed by atoms with Crippen LogP contribution >= 0.6 is 22.9 Å². The minimum atomic E-state index is -0.258. The SMILES string of the molecule is CCN(CC)C(=O)CN(C)C(=O)/C=C/c1c(Cl)nc2sccn12. The van der Waals surface area contributed by atoms with Crippen LogP contribution in [0.5, 0.6) is 0 Å². The highest BCUT2D eigenvalue weighted by Crippen LogP contribution is 2.22. The second-order valence-corrected chi connectivity index (χ2v) is 6.17. The van der Waals surface area contributed by atoms with Crippen LogP contribution in [0.1, 0.15) is 19.5 Å². The van der Waals surface area contributed by atoms with E-state index < -0.39 is 0 Å². The predicted molar refractivity (Wildman–Crippen MR) is 92.7 cm³/mol. The van der Waals surface area contributed by atoms with Crippen molar-refractivity contribution in [2.75, 3.05) is 26.7 Å². The van der Waals surface area contributed by atoms with Gasteiger partial charge in [0.2, 0.25) is 11.8 Å². The van der Waals surface area contributed by atoms with Gasteiger partial charge in [0.05, 0.1) is 12.2 Å². The van der Waals surface area contributed by atoms with Gasteiger partial charge >= 0.3 is 0 Å². The summed E-state index contributed by atoms with van der Waals surface area (Å²) in [6.07, 6.45) is 4.87. The van der Waals surface area contributed by atoms with Crippen molar-refractivity contribution in [2.45, 2.75) is 13.8 Å². The van der Waals surface area contributed by atoms with Crippen molar-refractivity contribution in [3.05, 3.63) is 28.5 Å². The van der Waals surface area contributed by atoms with Gasteiger partial charge in [0.25, 0.3) is 0 Å². The Morgan fingerprint density at radius 1 is 1.39 bits per heavy atom. The number of amides is 2. The number of hydrogen-bond donors (Lipinski definition) is 0. The Bertz CT molecular complexity index is 733. The summed E-state index contributed by atoms with van der Waals surface area (Å²) in [6.45, 7) is 5.15. The van der Waals surface area contributed by atoms with Crippen molar-refractivity contribution >= 4 is 45.8 Å². The Balaban J connectivity index is 2.04. The van der Waals surface area contributed by atoms with Gasteiger partial charge in [-0.1, -0.05) is 11.6 Å². The molecule has 0 fully saturated rings. The van der Waals surface area contributed by atoms with E-state index >= 15 is 0 Å². The van der Waals surface area contributed by atoms with E-state index in [9.17, 15) is 9.59 Å². The number of fused-ring (bicyclic) bond motifs is 1. The van der Waals surface area contributed by atoms with Gasteiger partial charge in [-0.15, -0.1) is 11.3 Å². The molecule has 0 unspecified atom stereocenters. The summed E-state index contributed by atoms with van der Waals surface area (Å²) in [5, 5.41) is 2.25. The quantitative estimate of drug-likeness (QED) is 0.748. The molecule has 0 saturated heterocycles. The van der Waals surface area contributed by atoms with Gasteiger partial charge in [0.1, 0.15) is 0 Å². The van der Waals surface area contributed by atoms with Crippen LogP contribution in [0, 0.1) is 0 Å². The fraction of sp³-hybridized carbons (Fsp3) is 0.400. The molecule has 0 radical (unpaired) electrons. The predicted octanol–water partition coefficient (Wildman–Crippen LogP) is 2.39. The average molecular weight is 355 g/mol. The second kappa shape index (κ2) is 7.61. The molecule has 0 N–H and O–H groups in total. The average Bonchev–Trinajstić information content (AvgIpc) is 3.06. The maximum absolute atomic E-state index is 12.2. The number of thiazole rings is 1. The smallest absolute Gasteiger partial charge is 0.246 e. The van der Waals surface area contributed by atoms with Crippen molar-refractivity contribution in [1.82, 2.24) is 19.2 Å². The molecule has 0 aromatic carbocycles. The Kier molecular flexibility index (Phi) is 5.79. The first-order valence-corrected chi connectivity index (χ1v) is 8.55. The number of aromatic nitrogens is 2. The number of carbonyl (C=O) groups excluding carboxylic acids is 2. The summed E-state index contributed by atoms with van der Waals surface area (Å²) in [6, 6.07) is 0. The highest BCUT2D eigenvalue weighted by atomic mass is 35.5. The van der Waals surface area contributed by atoms with Gasteiger partial charge in [0.15, 0.2) is 10.1 Å². The third-order valence-corrected chi connectivity index (χ3v) is 4.54. The first-order chi connectivity index (χ1) is 11.0. The van der Waals surface area contributed by atoms with Gasteiger partial charge in [-0.25, -0.2) is 4.98 Å². The van der Waals surface area contributed by atoms with Crippen LogP contribution in [-0.2, 0) is 9.59 Å². The topological polar surface area (TPSA) is 57.9 Å². The van der Waals surface area contributed by atoms with Gasteiger partial charge in [-0.2, -0.15) is 0 Å². The van der Waals surface area contributed by atoms with E-state index in [2.05, 4.69) is 4.98 Å². The summed E-state index contributed by atoms with van der Waals surface area (Å²) in [7, 11) is 1.60. The molecule has 0 aliphatic heterocycles. The zero-order valence-corrected chi connectivity index (χ0v) is 14.9. The number of imidazole rings is 1. The molecular weight excluding hydrogens is 336 g/mol. The van der Waals surface area contributed by atoms with E-state index in [1.54, 1.807) is 18.0 Å². The lowest BCUT2D eigenvalue weighted by atomic mass is 10.3. The van der Waals surface area contributed by atoms with E-state index in [0.29, 0.717) is 23.9 Å². The van der Waals surface area contributed by atoms with Crippen LogP contribution in [0.25, 0.3) is 11.0 Å². The van der Waals surface area contributed by atoms with Gasteiger partial charge in [-0.05, 0) is 19.9 Å². The third kappa shape index (κ3) is 3.92. The molecule has 23 heavy (non-hydrogen) atoms. The zero-order valence-electron chi connectivity index (χ0n) is 13.3. The van der Waals surface area contributed by atoms with Crippen LogP contribution in [0.15, 0.2) is 17.7 Å². The lowest BCUT2D eigenvalue weighted by Crippen LogP contribution is -2.40. The van der Waals surface area contributed by atoms with Crippen LogP contribution < -0.4 is 0 Å². The normalized spacial score (nSPS) is 11.3. The number of likely N-dealkylation sites (N-methyl/N-ethyl adjacent to an activating group) is 2. The van der Waals surface area contributed by atoms with Crippen LogP contribution in [0.2, 0.25) is 5.15 Å². The minimum Gasteiger partial charge on any atom is -0.342 e. The highest BCUT2D eigenvalue weighted by molar-refractivity contribution is 7.15. The van der Waals surface area contributed by atoms with E-state index in [-0.39, 0.29) is 18.4 Å². The highest BCUT2D eigenvalue weighted by Gasteiger charge is 2.15. The van der Waals surface area contributed by atoms with E-state index in [4.69, 9.17) is 11.6 Å². The molecule has 8 heteroatoms. The summed E-state index contributed by atoms with van der Waals surface area (Å²) >= 11 is 7.54. The number of nitrogens with zero attached hydrogens (tertiary/aromatic N) is 4. The molecule has 0 spiro atoms. The molecule has 0 saturated carbocycles. The first kappa shape index (κ1) is 17.5. The molecule has 6 nitrogen and oxygen atoms in total. The molecule has 2 aromatic heterocycles. The zero-order chi connectivity index (χ0) is 17.0. The molecular formula is C15H19ClN4O2S.